The molecule has 0 aliphatic carbocycles. The maximum Gasteiger partial charge on any atom is 0.119 e. The van der Waals surface area contributed by atoms with Gasteiger partial charge in [-0.25, -0.2) is 0 Å². The number of hydrogen-bond donors (Lipinski definition) is 0. The van der Waals surface area contributed by atoms with E-state index in [9.17, 15) is 0 Å². The van der Waals surface area contributed by atoms with Gasteiger partial charge in [-0.05, 0) is 49.3 Å². The lowest BCUT2D eigenvalue weighted by Gasteiger charge is -2.29. The molecule has 0 N–H and O–H groups in total. The van der Waals surface area contributed by atoms with Crippen molar-refractivity contribution in [3.63, 3.8) is 0 Å². The molecule has 23 heavy (non-hydrogen) atoms. The Kier molecular flexibility index (Phi) is 8.52. The molecule has 0 amide bonds. The molecule has 0 spiro atoms. The molecule has 2 heteroatoms. The number of unbranched alkanes of at least 4 members (excludes halogenated alkanes) is 4. The van der Waals surface area contributed by atoms with Crippen LogP contribution in [0.1, 0.15) is 83.3 Å². The molecule has 2 atom stereocenters. The Labute approximate surface area is 142 Å². The molecular formula is C21H34O2. The quantitative estimate of drug-likeness (QED) is 0.471. The SMILES string of the molecule is CCCCCCCC1CCC(c2ccc(OCCC)cc2)OC1. The van der Waals surface area contributed by atoms with E-state index in [0.717, 1.165) is 37.7 Å². The minimum absolute atomic E-state index is 0.284. The molecule has 0 bridgehead atoms. The fraction of sp³-hybridized carbons (Fsp3) is 0.714. The molecule has 2 nitrogen and oxygen atoms in total. The van der Waals surface area contributed by atoms with Crippen molar-refractivity contribution in [2.75, 3.05) is 13.2 Å². The lowest BCUT2D eigenvalue weighted by Crippen LogP contribution is -2.20. The molecule has 2 rings (SSSR count). The molecule has 1 aromatic carbocycles. The normalized spacial score (nSPS) is 21.3. The summed E-state index contributed by atoms with van der Waals surface area (Å²) in [4.78, 5) is 0. The molecule has 1 aliphatic rings. The first-order chi connectivity index (χ1) is 11.3. The standard InChI is InChI=1S/C21H34O2/c1-3-5-6-7-8-9-18-10-15-21(23-17-18)19-11-13-20(14-12-19)22-16-4-2/h11-14,18,21H,3-10,15-17H2,1-2H3. The Bertz CT molecular complexity index is 404. The maximum atomic E-state index is 6.14. The molecule has 1 fully saturated rings. The van der Waals surface area contributed by atoms with Crippen LogP contribution in [0.2, 0.25) is 0 Å². The van der Waals surface area contributed by atoms with Crippen molar-refractivity contribution in [1.29, 1.82) is 0 Å². The largest absolute Gasteiger partial charge is 0.494 e. The van der Waals surface area contributed by atoms with Crippen LogP contribution < -0.4 is 4.74 Å². The molecule has 0 saturated carbocycles. The molecule has 2 unspecified atom stereocenters. The van der Waals surface area contributed by atoms with Crippen LogP contribution in [-0.4, -0.2) is 13.2 Å². The van der Waals surface area contributed by atoms with Crippen LogP contribution in [0.25, 0.3) is 0 Å². The molecule has 1 aromatic rings. The van der Waals surface area contributed by atoms with Crippen LogP contribution in [-0.2, 0) is 4.74 Å². The second-order valence-corrected chi connectivity index (χ2v) is 6.89. The third-order valence-corrected chi connectivity index (χ3v) is 4.81. The maximum absolute atomic E-state index is 6.14. The topological polar surface area (TPSA) is 18.5 Å². The van der Waals surface area contributed by atoms with Gasteiger partial charge in [-0.2, -0.15) is 0 Å². The molecular weight excluding hydrogens is 284 g/mol. The molecule has 0 radical (unpaired) electrons. The van der Waals surface area contributed by atoms with E-state index in [-0.39, 0.29) is 6.10 Å². The van der Waals surface area contributed by atoms with E-state index in [0.29, 0.717) is 0 Å². The first kappa shape index (κ1) is 18.3. The Morgan fingerprint density at radius 3 is 2.39 bits per heavy atom. The number of rotatable bonds is 10. The highest BCUT2D eigenvalue weighted by molar-refractivity contribution is 5.28. The van der Waals surface area contributed by atoms with Crippen LogP contribution in [0.15, 0.2) is 24.3 Å². The van der Waals surface area contributed by atoms with E-state index < -0.39 is 0 Å². The van der Waals surface area contributed by atoms with Gasteiger partial charge in [-0.1, -0.05) is 58.1 Å². The summed E-state index contributed by atoms with van der Waals surface area (Å²) in [7, 11) is 0. The minimum Gasteiger partial charge on any atom is -0.494 e. The monoisotopic (exact) mass is 318 g/mol. The van der Waals surface area contributed by atoms with Crippen LogP contribution in [0.3, 0.4) is 0 Å². The Morgan fingerprint density at radius 2 is 1.74 bits per heavy atom. The highest BCUT2D eigenvalue weighted by Gasteiger charge is 2.22. The average molecular weight is 319 g/mol. The van der Waals surface area contributed by atoms with E-state index in [2.05, 4.69) is 38.1 Å². The van der Waals surface area contributed by atoms with Crippen molar-refractivity contribution >= 4 is 0 Å². The first-order valence-corrected chi connectivity index (χ1v) is 9.67. The molecule has 130 valence electrons. The lowest BCUT2D eigenvalue weighted by atomic mass is 9.91. The summed E-state index contributed by atoms with van der Waals surface area (Å²) in [6.45, 7) is 6.13. The molecule has 1 saturated heterocycles. The van der Waals surface area contributed by atoms with Gasteiger partial charge in [0.15, 0.2) is 0 Å². The van der Waals surface area contributed by atoms with E-state index >= 15 is 0 Å². The van der Waals surface area contributed by atoms with Crippen molar-refractivity contribution in [1.82, 2.24) is 0 Å². The summed E-state index contributed by atoms with van der Waals surface area (Å²) >= 11 is 0. The van der Waals surface area contributed by atoms with Crippen molar-refractivity contribution in [2.24, 2.45) is 5.92 Å². The summed E-state index contributed by atoms with van der Waals surface area (Å²) < 4.78 is 11.8. The van der Waals surface area contributed by atoms with Gasteiger partial charge < -0.3 is 9.47 Å². The zero-order valence-corrected chi connectivity index (χ0v) is 15.1. The zero-order valence-electron chi connectivity index (χ0n) is 15.1. The zero-order chi connectivity index (χ0) is 16.3. The van der Waals surface area contributed by atoms with Gasteiger partial charge in [-0.3, -0.25) is 0 Å². The summed E-state index contributed by atoms with van der Waals surface area (Å²) in [5, 5.41) is 0. The Morgan fingerprint density at radius 1 is 0.957 bits per heavy atom. The second kappa shape index (κ2) is 10.7. The van der Waals surface area contributed by atoms with Gasteiger partial charge >= 0.3 is 0 Å². The summed E-state index contributed by atoms with van der Waals surface area (Å²) in [6.07, 6.45) is 12.0. The van der Waals surface area contributed by atoms with Gasteiger partial charge in [-0.15, -0.1) is 0 Å². The summed E-state index contributed by atoms with van der Waals surface area (Å²) in [5.41, 5.74) is 1.30. The number of ether oxygens (including phenoxy) is 2. The van der Waals surface area contributed by atoms with Gasteiger partial charge in [0.1, 0.15) is 5.75 Å². The fourth-order valence-corrected chi connectivity index (χ4v) is 3.33. The third kappa shape index (κ3) is 6.55. The third-order valence-electron chi connectivity index (χ3n) is 4.81. The second-order valence-electron chi connectivity index (χ2n) is 6.89. The van der Waals surface area contributed by atoms with Gasteiger partial charge in [0.05, 0.1) is 19.3 Å². The van der Waals surface area contributed by atoms with Crippen LogP contribution >= 0.6 is 0 Å². The smallest absolute Gasteiger partial charge is 0.119 e. The molecule has 1 heterocycles. The summed E-state index contributed by atoms with van der Waals surface area (Å²) in [6, 6.07) is 8.49. The minimum atomic E-state index is 0.284. The van der Waals surface area contributed by atoms with Crippen LogP contribution in [0, 0.1) is 5.92 Å². The van der Waals surface area contributed by atoms with Crippen molar-refractivity contribution in [2.45, 2.75) is 77.7 Å². The van der Waals surface area contributed by atoms with Crippen molar-refractivity contribution in [3.8, 4) is 5.75 Å². The lowest BCUT2D eigenvalue weighted by molar-refractivity contribution is -0.0199. The molecule has 0 aromatic heterocycles. The van der Waals surface area contributed by atoms with Crippen molar-refractivity contribution in [3.05, 3.63) is 29.8 Å². The van der Waals surface area contributed by atoms with Gasteiger partial charge in [0, 0.05) is 0 Å². The average Bonchev–Trinajstić information content (AvgIpc) is 2.61. The Balaban J connectivity index is 1.67. The molecule has 1 aliphatic heterocycles. The Hall–Kier alpha value is -1.02. The van der Waals surface area contributed by atoms with Crippen LogP contribution in [0.4, 0.5) is 0 Å². The van der Waals surface area contributed by atoms with E-state index in [1.165, 1.54) is 50.5 Å². The van der Waals surface area contributed by atoms with E-state index in [1.807, 2.05) is 0 Å². The highest BCUT2D eigenvalue weighted by Crippen LogP contribution is 2.33. The number of benzene rings is 1. The van der Waals surface area contributed by atoms with Gasteiger partial charge in [0.2, 0.25) is 0 Å². The number of hydrogen-bond acceptors (Lipinski definition) is 2. The van der Waals surface area contributed by atoms with Gasteiger partial charge in [0.25, 0.3) is 0 Å². The summed E-state index contributed by atoms with van der Waals surface area (Å²) in [5.74, 6) is 1.75. The van der Waals surface area contributed by atoms with Crippen LogP contribution in [0.5, 0.6) is 5.75 Å². The first-order valence-electron chi connectivity index (χ1n) is 9.67. The van der Waals surface area contributed by atoms with E-state index in [4.69, 9.17) is 9.47 Å². The highest BCUT2D eigenvalue weighted by atomic mass is 16.5. The fourth-order valence-electron chi connectivity index (χ4n) is 3.33. The van der Waals surface area contributed by atoms with Crippen molar-refractivity contribution < 1.29 is 9.47 Å². The van der Waals surface area contributed by atoms with E-state index in [1.54, 1.807) is 0 Å². The predicted molar refractivity (Wildman–Crippen MR) is 97.0 cm³/mol. The predicted octanol–water partition coefficient (Wildman–Crippen LogP) is 6.30.